The van der Waals surface area contributed by atoms with Gasteiger partial charge in [-0.05, 0) is 6.07 Å². The van der Waals surface area contributed by atoms with Crippen molar-refractivity contribution in [3.8, 4) is 0 Å². The normalized spacial score (nSPS) is 14.0. The predicted molar refractivity (Wildman–Crippen MR) is 42.2 cm³/mol. The van der Waals surface area contributed by atoms with Gasteiger partial charge in [0.15, 0.2) is 0 Å². The zero-order chi connectivity index (χ0) is 6.81. The second-order valence-corrected chi connectivity index (χ2v) is 2.72. The fourth-order valence-corrected chi connectivity index (χ4v) is 1.33. The molecule has 0 amide bonds. The molecule has 0 radical (unpaired) electrons. The van der Waals surface area contributed by atoms with E-state index in [1.165, 1.54) is 0 Å². The maximum absolute atomic E-state index is 3.98. The third kappa shape index (κ3) is 0.863. The summed E-state index contributed by atoms with van der Waals surface area (Å²) in [6.45, 7) is 0. The Kier molecular flexibility index (Phi) is 1.32. The average molecular weight is 151 g/mol. The SMILES string of the molecule is C1=NNc2ccncc2S1. The molecule has 1 aliphatic heterocycles. The summed E-state index contributed by atoms with van der Waals surface area (Å²) in [5, 5.41) is 3.88. The summed E-state index contributed by atoms with van der Waals surface area (Å²) in [4.78, 5) is 5.10. The van der Waals surface area contributed by atoms with E-state index >= 15 is 0 Å². The topological polar surface area (TPSA) is 37.3 Å². The Labute approximate surface area is 62.5 Å². The van der Waals surface area contributed by atoms with Crippen LogP contribution in [0.5, 0.6) is 0 Å². The maximum atomic E-state index is 3.98. The lowest BCUT2D eigenvalue weighted by Gasteiger charge is -2.08. The molecule has 0 bridgehead atoms. The Morgan fingerprint density at radius 1 is 1.50 bits per heavy atom. The first kappa shape index (κ1) is 5.73. The van der Waals surface area contributed by atoms with Crippen molar-refractivity contribution in [3.63, 3.8) is 0 Å². The zero-order valence-electron chi connectivity index (χ0n) is 5.11. The van der Waals surface area contributed by atoms with Crippen LogP contribution in [0, 0.1) is 0 Å². The molecule has 50 valence electrons. The molecule has 1 aromatic rings. The molecular formula is C6H5N3S. The maximum Gasteiger partial charge on any atom is 0.0850 e. The fourth-order valence-electron chi connectivity index (χ4n) is 0.745. The number of pyridine rings is 1. The lowest BCUT2D eigenvalue weighted by Crippen LogP contribution is -1.95. The molecule has 0 atom stereocenters. The van der Waals surface area contributed by atoms with Gasteiger partial charge in [0.2, 0.25) is 0 Å². The molecule has 0 saturated heterocycles. The largest absolute Gasteiger partial charge is 0.277 e. The van der Waals surface area contributed by atoms with Gasteiger partial charge in [-0.3, -0.25) is 10.4 Å². The number of aromatic nitrogens is 1. The number of rotatable bonds is 0. The molecule has 2 rings (SSSR count). The van der Waals surface area contributed by atoms with Crippen LogP contribution in [0.1, 0.15) is 0 Å². The minimum absolute atomic E-state index is 1.03. The van der Waals surface area contributed by atoms with Crippen molar-refractivity contribution in [2.75, 3.05) is 5.43 Å². The highest BCUT2D eigenvalue weighted by Gasteiger charge is 2.03. The summed E-state index contributed by atoms with van der Waals surface area (Å²) in [7, 11) is 0. The number of nitrogens with zero attached hydrogens (tertiary/aromatic N) is 2. The van der Waals surface area contributed by atoms with Gasteiger partial charge in [-0.25, -0.2) is 0 Å². The van der Waals surface area contributed by atoms with E-state index in [9.17, 15) is 0 Å². The third-order valence-corrected chi connectivity index (χ3v) is 1.99. The fraction of sp³-hybridized carbons (Fsp3) is 0. The van der Waals surface area contributed by atoms with E-state index in [2.05, 4.69) is 15.5 Å². The third-order valence-electron chi connectivity index (χ3n) is 1.20. The summed E-state index contributed by atoms with van der Waals surface area (Å²) in [6, 6.07) is 1.90. The summed E-state index contributed by atoms with van der Waals surface area (Å²) < 4.78 is 0. The lowest BCUT2D eigenvalue weighted by molar-refractivity contribution is 1.20. The molecule has 2 heterocycles. The highest BCUT2D eigenvalue weighted by Crippen LogP contribution is 2.26. The Morgan fingerprint density at radius 3 is 3.40 bits per heavy atom. The highest BCUT2D eigenvalue weighted by atomic mass is 32.2. The van der Waals surface area contributed by atoms with Gasteiger partial charge in [-0.1, -0.05) is 11.8 Å². The van der Waals surface area contributed by atoms with Crippen LogP contribution in [-0.4, -0.2) is 10.5 Å². The van der Waals surface area contributed by atoms with Crippen LogP contribution in [0.3, 0.4) is 0 Å². The van der Waals surface area contributed by atoms with Crippen molar-refractivity contribution in [1.29, 1.82) is 0 Å². The van der Waals surface area contributed by atoms with E-state index in [1.54, 1.807) is 23.5 Å². The minimum atomic E-state index is 1.03. The molecule has 1 N–H and O–H groups in total. The van der Waals surface area contributed by atoms with Crippen LogP contribution < -0.4 is 5.43 Å². The van der Waals surface area contributed by atoms with Gasteiger partial charge in [0.25, 0.3) is 0 Å². The Morgan fingerprint density at radius 2 is 2.50 bits per heavy atom. The van der Waals surface area contributed by atoms with Crippen LogP contribution in [0.15, 0.2) is 28.5 Å². The van der Waals surface area contributed by atoms with Crippen LogP contribution in [0.25, 0.3) is 0 Å². The Bertz CT molecular complexity index is 244. The molecule has 1 aromatic heterocycles. The monoisotopic (exact) mass is 151 g/mol. The van der Waals surface area contributed by atoms with Gasteiger partial charge in [-0.2, -0.15) is 5.10 Å². The second-order valence-electron chi connectivity index (χ2n) is 1.84. The molecule has 0 unspecified atom stereocenters. The summed E-state index contributed by atoms with van der Waals surface area (Å²) in [6.07, 6.45) is 3.56. The van der Waals surface area contributed by atoms with Crippen molar-refractivity contribution in [2.45, 2.75) is 4.90 Å². The molecule has 10 heavy (non-hydrogen) atoms. The van der Waals surface area contributed by atoms with Gasteiger partial charge in [0, 0.05) is 12.4 Å². The summed E-state index contributed by atoms with van der Waals surface area (Å²) in [5.74, 6) is 0. The quantitative estimate of drug-likeness (QED) is 0.611. The van der Waals surface area contributed by atoms with E-state index in [4.69, 9.17) is 0 Å². The van der Waals surface area contributed by atoms with Crippen molar-refractivity contribution in [3.05, 3.63) is 18.5 Å². The Balaban J connectivity index is 2.47. The van der Waals surface area contributed by atoms with Crippen molar-refractivity contribution < 1.29 is 0 Å². The molecule has 1 aliphatic rings. The number of hydrazone groups is 1. The van der Waals surface area contributed by atoms with Gasteiger partial charge < -0.3 is 0 Å². The van der Waals surface area contributed by atoms with Crippen molar-refractivity contribution in [2.24, 2.45) is 5.10 Å². The Hall–Kier alpha value is -1.03. The molecule has 4 heteroatoms. The first-order valence-corrected chi connectivity index (χ1v) is 3.73. The predicted octanol–water partition coefficient (Wildman–Crippen LogP) is 1.54. The van der Waals surface area contributed by atoms with Crippen LogP contribution in [0.2, 0.25) is 0 Å². The van der Waals surface area contributed by atoms with Gasteiger partial charge >= 0.3 is 0 Å². The number of nitrogens with one attached hydrogen (secondary N) is 1. The number of hydrogen-bond donors (Lipinski definition) is 1. The minimum Gasteiger partial charge on any atom is -0.277 e. The average Bonchev–Trinajstić information content (AvgIpc) is 2.05. The number of anilines is 1. The smallest absolute Gasteiger partial charge is 0.0850 e. The summed E-state index contributed by atoms with van der Waals surface area (Å²) >= 11 is 1.57. The standard InChI is InChI=1S/C6H5N3S/c1-2-7-3-6-5(1)9-8-4-10-6/h1-4,9H. The second kappa shape index (κ2) is 2.30. The molecule has 0 spiro atoms. The van der Waals surface area contributed by atoms with E-state index in [1.807, 2.05) is 12.3 Å². The van der Waals surface area contributed by atoms with E-state index in [-0.39, 0.29) is 0 Å². The first-order chi connectivity index (χ1) is 4.97. The molecule has 0 aromatic carbocycles. The van der Waals surface area contributed by atoms with Gasteiger partial charge in [0.1, 0.15) is 0 Å². The number of fused-ring (bicyclic) bond motifs is 1. The first-order valence-electron chi connectivity index (χ1n) is 2.85. The molecule has 0 aliphatic carbocycles. The summed E-state index contributed by atoms with van der Waals surface area (Å²) in [5.41, 5.74) is 5.66. The number of thioether (sulfide) groups is 1. The van der Waals surface area contributed by atoms with E-state index < -0.39 is 0 Å². The van der Waals surface area contributed by atoms with E-state index in [0.29, 0.717) is 0 Å². The number of hydrogen-bond acceptors (Lipinski definition) is 4. The van der Waals surface area contributed by atoms with Crippen LogP contribution in [0.4, 0.5) is 5.69 Å². The van der Waals surface area contributed by atoms with Gasteiger partial charge in [0.05, 0.1) is 16.1 Å². The molecule has 3 nitrogen and oxygen atoms in total. The van der Waals surface area contributed by atoms with Crippen LogP contribution in [-0.2, 0) is 0 Å². The van der Waals surface area contributed by atoms with Gasteiger partial charge in [-0.15, -0.1) is 0 Å². The molecular weight excluding hydrogens is 146 g/mol. The zero-order valence-corrected chi connectivity index (χ0v) is 5.93. The molecule has 0 saturated carbocycles. The van der Waals surface area contributed by atoms with E-state index in [0.717, 1.165) is 10.6 Å². The van der Waals surface area contributed by atoms with Crippen LogP contribution >= 0.6 is 11.8 Å². The highest BCUT2D eigenvalue weighted by molar-refractivity contribution is 8.12. The van der Waals surface area contributed by atoms with Crippen molar-refractivity contribution >= 4 is 23.0 Å². The lowest BCUT2D eigenvalue weighted by atomic mass is 10.4. The van der Waals surface area contributed by atoms with Crippen molar-refractivity contribution in [1.82, 2.24) is 4.98 Å². The molecule has 0 fully saturated rings.